The molecule has 310 valence electrons. The van der Waals surface area contributed by atoms with Gasteiger partial charge in [0, 0.05) is 70.1 Å². The van der Waals surface area contributed by atoms with Crippen molar-refractivity contribution in [2.75, 3.05) is 5.32 Å². The van der Waals surface area contributed by atoms with Crippen LogP contribution in [0.25, 0.3) is 5.00 Å². The molecule has 2 aromatic heterocycles. The number of ketones is 1. The number of hydrogen-bond acceptors (Lipinski definition) is 9. The van der Waals surface area contributed by atoms with Crippen LogP contribution in [0.1, 0.15) is 151 Å². The highest BCUT2D eigenvalue weighted by Crippen LogP contribution is 2.40. The van der Waals surface area contributed by atoms with E-state index < -0.39 is 18.0 Å². The van der Waals surface area contributed by atoms with Crippen LogP contribution in [0.5, 0.6) is 0 Å². The molecular weight excluding hydrogens is 786 g/mol. The number of nitrogens with zero attached hydrogens (tertiary/aromatic N) is 5. The smallest absolute Gasteiger partial charge is 0.255 e. The van der Waals surface area contributed by atoms with E-state index in [2.05, 4.69) is 39.2 Å². The Kier molecular flexibility index (Phi) is 13.5. The lowest BCUT2D eigenvalue weighted by molar-refractivity contribution is -0.137. The molecule has 7 rings (SSSR count). The first-order valence-corrected chi connectivity index (χ1v) is 22.1. The number of aromatic nitrogens is 3. The zero-order valence-electron chi connectivity index (χ0n) is 34.1. The van der Waals surface area contributed by atoms with Crippen molar-refractivity contribution < 1.29 is 24.0 Å². The molecule has 4 amide bonds. The van der Waals surface area contributed by atoms with Gasteiger partial charge in [0.15, 0.2) is 5.82 Å². The van der Waals surface area contributed by atoms with Crippen LogP contribution < -0.4 is 10.6 Å². The highest BCUT2D eigenvalue weighted by Gasteiger charge is 2.40. The summed E-state index contributed by atoms with van der Waals surface area (Å²) in [5, 5.41) is 16.0. The number of thiophene rings is 1. The second-order valence-corrected chi connectivity index (χ2v) is 17.6. The van der Waals surface area contributed by atoms with Gasteiger partial charge in [0.2, 0.25) is 17.7 Å². The van der Waals surface area contributed by atoms with Crippen LogP contribution in [-0.4, -0.2) is 60.8 Å². The van der Waals surface area contributed by atoms with Gasteiger partial charge in [0.05, 0.1) is 5.71 Å². The second-order valence-electron chi connectivity index (χ2n) is 16.0. The average Bonchev–Trinajstić information content (AvgIpc) is 3.82. The first-order valence-electron chi connectivity index (χ1n) is 20.9. The molecule has 1 unspecified atom stereocenters. The molecule has 1 saturated heterocycles. The Labute approximate surface area is 354 Å². The monoisotopic (exact) mass is 837 g/mol. The minimum atomic E-state index is -0.693. The van der Waals surface area contributed by atoms with Gasteiger partial charge >= 0.3 is 0 Å². The summed E-state index contributed by atoms with van der Waals surface area (Å²) in [4.78, 5) is 71.2. The summed E-state index contributed by atoms with van der Waals surface area (Å²) >= 11 is 7.94. The predicted octanol–water partition coefficient (Wildman–Crippen LogP) is 8.84. The Morgan fingerprint density at radius 2 is 1.56 bits per heavy atom. The normalized spacial score (nSPS) is 17.3. The second kappa shape index (κ2) is 18.9. The predicted molar refractivity (Wildman–Crippen MR) is 229 cm³/mol. The molecule has 14 heteroatoms. The first-order chi connectivity index (χ1) is 28.5. The van der Waals surface area contributed by atoms with Gasteiger partial charge in [-0.15, -0.1) is 21.5 Å². The number of aliphatic imine (C=N–C) groups is 1. The largest absolute Gasteiger partial charge is 0.326 e. The minimum Gasteiger partial charge on any atom is -0.326 e. The number of Topliss-reactive ketones (excluding diaryl/α,β-unsaturated/α-hetero) is 1. The Morgan fingerprint density at radius 3 is 2.25 bits per heavy atom. The summed E-state index contributed by atoms with van der Waals surface area (Å²) < 4.78 is 2.09. The summed E-state index contributed by atoms with van der Waals surface area (Å²) in [6.45, 7) is 6.41. The number of nitrogens with one attached hydrogen (secondary N) is 2. The van der Waals surface area contributed by atoms with Crippen LogP contribution in [0, 0.1) is 20.8 Å². The molecule has 5 heterocycles. The molecule has 0 spiro atoms. The molecular formula is C45H52ClN7O5S. The van der Waals surface area contributed by atoms with E-state index in [1.807, 2.05) is 31.2 Å². The molecule has 2 aromatic carbocycles. The molecule has 0 bridgehead atoms. The Balaban J connectivity index is 0.785. The van der Waals surface area contributed by atoms with Crippen molar-refractivity contribution in [2.45, 2.75) is 136 Å². The van der Waals surface area contributed by atoms with E-state index in [1.54, 1.807) is 29.5 Å². The Hall–Kier alpha value is -5.01. The number of benzene rings is 2. The van der Waals surface area contributed by atoms with E-state index in [4.69, 9.17) is 16.6 Å². The van der Waals surface area contributed by atoms with E-state index in [0.717, 1.165) is 91.9 Å². The van der Waals surface area contributed by atoms with E-state index in [-0.39, 0.29) is 42.9 Å². The van der Waals surface area contributed by atoms with Crippen molar-refractivity contribution in [3.63, 3.8) is 0 Å². The number of anilines is 1. The minimum absolute atomic E-state index is 0.0891. The highest BCUT2D eigenvalue weighted by atomic mass is 35.5. The number of aryl methyl sites for hydroxylation is 2. The molecule has 3 aliphatic heterocycles. The number of amides is 4. The number of fused-ring (bicyclic) bond motifs is 4. The van der Waals surface area contributed by atoms with Gasteiger partial charge in [-0.25, -0.2) is 0 Å². The lowest BCUT2D eigenvalue weighted by Gasteiger charge is -2.29. The van der Waals surface area contributed by atoms with Crippen LogP contribution in [-0.2, 0) is 25.7 Å². The maximum Gasteiger partial charge on any atom is 0.255 e. The fraction of sp³-hybridized carbons (Fsp3) is 0.467. The van der Waals surface area contributed by atoms with Crippen molar-refractivity contribution in [2.24, 2.45) is 4.99 Å². The fourth-order valence-electron chi connectivity index (χ4n) is 8.39. The van der Waals surface area contributed by atoms with Crippen molar-refractivity contribution in [1.82, 2.24) is 25.0 Å². The quantitative estimate of drug-likeness (QED) is 0.0750. The topological polar surface area (TPSA) is 156 Å². The molecule has 2 N–H and O–H groups in total. The Morgan fingerprint density at radius 1 is 0.881 bits per heavy atom. The van der Waals surface area contributed by atoms with Crippen LogP contribution in [0.4, 0.5) is 5.69 Å². The van der Waals surface area contributed by atoms with E-state index >= 15 is 0 Å². The van der Waals surface area contributed by atoms with Crippen molar-refractivity contribution in [1.29, 1.82) is 0 Å². The number of imide groups is 1. The fourth-order valence-corrected chi connectivity index (χ4v) is 9.73. The molecule has 59 heavy (non-hydrogen) atoms. The average molecular weight is 838 g/mol. The van der Waals surface area contributed by atoms with Gasteiger partial charge in [-0.1, -0.05) is 81.2 Å². The number of piperidine rings is 1. The molecule has 0 aliphatic carbocycles. The Bertz CT molecular complexity index is 2280. The summed E-state index contributed by atoms with van der Waals surface area (Å²) in [6.07, 6.45) is 12.1. The summed E-state index contributed by atoms with van der Waals surface area (Å²) in [6, 6.07) is 11.8. The maximum absolute atomic E-state index is 13.4. The number of hydrogen-bond donors (Lipinski definition) is 2. The van der Waals surface area contributed by atoms with Gasteiger partial charge < -0.3 is 10.2 Å². The SMILES string of the molecule is Cc1sc2c(c1C)C(c1ccc(Cl)cc1)=N[C@@H](CC(=O)CCCCCCCCCCCCC(=O)Nc1cccc3c1CN(C1CCC(=O)NC1=O)C3=O)c1nnc(C)n1-2. The van der Waals surface area contributed by atoms with E-state index in [9.17, 15) is 24.0 Å². The number of carbonyl (C=O) groups excluding carboxylic acids is 5. The van der Waals surface area contributed by atoms with Crippen LogP contribution in [0.15, 0.2) is 47.5 Å². The molecule has 12 nitrogen and oxygen atoms in total. The number of halogens is 1. The van der Waals surface area contributed by atoms with Gasteiger partial charge in [0.1, 0.15) is 28.7 Å². The zero-order chi connectivity index (χ0) is 41.6. The van der Waals surface area contributed by atoms with Crippen LogP contribution in [0.2, 0.25) is 5.02 Å². The molecule has 0 radical (unpaired) electrons. The molecule has 1 fully saturated rings. The molecule has 0 saturated carbocycles. The van der Waals surface area contributed by atoms with Gasteiger partial charge in [0.25, 0.3) is 5.91 Å². The van der Waals surface area contributed by atoms with Crippen LogP contribution in [0.3, 0.4) is 0 Å². The molecule has 2 atom stereocenters. The van der Waals surface area contributed by atoms with E-state index in [1.165, 1.54) is 15.3 Å². The number of unbranched alkanes of at least 4 members (excludes halogenated alkanes) is 9. The molecule has 3 aliphatic rings. The zero-order valence-corrected chi connectivity index (χ0v) is 35.6. The third-order valence-corrected chi connectivity index (χ3v) is 13.2. The number of carbonyl (C=O) groups is 5. The van der Waals surface area contributed by atoms with Gasteiger partial charge in [-0.05, 0) is 69.9 Å². The lowest BCUT2D eigenvalue weighted by Crippen LogP contribution is -2.52. The van der Waals surface area contributed by atoms with Gasteiger partial charge in [-0.2, -0.15) is 0 Å². The third kappa shape index (κ3) is 9.57. The first kappa shape index (κ1) is 42.1. The molecule has 4 aromatic rings. The van der Waals surface area contributed by atoms with Crippen molar-refractivity contribution in [3.8, 4) is 5.00 Å². The number of rotatable bonds is 18. The van der Waals surface area contributed by atoms with Crippen molar-refractivity contribution in [3.05, 3.63) is 91.8 Å². The standard InChI is InChI=1S/C45H52ClN7O5S/c1-27-28(2)59-45-40(27)41(30-19-21-31(46)22-20-30)48-36(42-51-50-29(3)53(42)45)25-32(54)15-12-10-8-6-4-5-7-9-11-13-18-38(55)47-35-17-14-16-33-34(35)26-52(44(33)58)37-23-24-39(56)49-43(37)57/h14,16-17,19-22,36-37H,4-13,15,18,23-26H2,1-3H3,(H,47,55)(H,49,56,57)/t36-,37?/m0/s1. The summed E-state index contributed by atoms with van der Waals surface area (Å²) in [7, 11) is 0. The van der Waals surface area contributed by atoms with Crippen molar-refractivity contribution >= 4 is 63.7 Å². The maximum atomic E-state index is 13.4. The highest BCUT2D eigenvalue weighted by molar-refractivity contribution is 7.15. The lowest BCUT2D eigenvalue weighted by atomic mass is 9.99. The van der Waals surface area contributed by atoms with E-state index in [0.29, 0.717) is 46.9 Å². The van der Waals surface area contributed by atoms with Gasteiger partial charge in [-0.3, -0.25) is 38.8 Å². The summed E-state index contributed by atoms with van der Waals surface area (Å²) in [5.74, 6) is 0.557. The third-order valence-electron chi connectivity index (χ3n) is 11.7. The summed E-state index contributed by atoms with van der Waals surface area (Å²) in [5.41, 5.74) is 5.84. The van der Waals surface area contributed by atoms with Crippen LogP contribution >= 0.6 is 22.9 Å².